The van der Waals surface area contributed by atoms with Crippen molar-refractivity contribution in [1.82, 2.24) is 15.1 Å². The van der Waals surface area contributed by atoms with E-state index in [9.17, 15) is 4.79 Å². The summed E-state index contributed by atoms with van der Waals surface area (Å²) in [7, 11) is 3.15. The summed E-state index contributed by atoms with van der Waals surface area (Å²) in [6.07, 6.45) is 1.58. The van der Waals surface area contributed by atoms with Crippen LogP contribution in [-0.2, 0) is 6.54 Å². The van der Waals surface area contributed by atoms with Crippen LogP contribution in [0.2, 0.25) is 0 Å². The quantitative estimate of drug-likeness (QED) is 0.503. The Labute approximate surface area is 173 Å². The number of benzene rings is 2. The molecular weight excluding hydrogens is 382 g/mol. The molecule has 0 saturated carbocycles. The Balaban J connectivity index is 1.64. The fraction of sp³-hybridized carbons (Fsp3) is 0.130. The summed E-state index contributed by atoms with van der Waals surface area (Å²) >= 11 is 0. The molecule has 0 spiro atoms. The van der Waals surface area contributed by atoms with Gasteiger partial charge in [-0.2, -0.15) is 5.10 Å². The van der Waals surface area contributed by atoms with Crippen LogP contribution in [0.15, 0.2) is 77.4 Å². The lowest BCUT2D eigenvalue weighted by molar-refractivity contribution is 0.0943. The molecule has 2 heterocycles. The molecule has 2 aromatic carbocycles. The summed E-state index contributed by atoms with van der Waals surface area (Å²) in [6, 6.07) is 20.3. The van der Waals surface area contributed by atoms with E-state index in [1.165, 1.54) is 0 Å². The van der Waals surface area contributed by atoms with Gasteiger partial charge in [0.05, 0.1) is 26.2 Å². The molecule has 0 atom stereocenters. The van der Waals surface area contributed by atoms with Gasteiger partial charge in [0.1, 0.15) is 11.4 Å². The second kappa shape index (κ2) is 8.57. The number of hydrogen-bond acceptors (Lipinski definition) is 5. The number of methoxy groups -OCH3 is 2. The first-order valence-corrected chi connectivity index (χ1v) is 9.38. The number of nitrogens with zero attached hydrogens (tertiary/aromatic N) is 2. The highest BCUT2D eigenvalue weighted by Gasteiger charge is 2.19. The zero-order valence-corrected chi connectivity index (χ0v) is 16.7. The minimum atomic E-state index is -0.269. The molecule has 0 radical (unpaired) electrons. The van der Waals surface area contributed by atoms with E-state index >= 15 is 0 Å². The molecule has 7 heteroatoms. The van der Waals surface area contributed by atoms with E-state index < -0.39 is 0 Å². The first-order valence-electron chi connectivity index (χ1n) is 9.38. The van der Waals surface area contributed by atoms with Crippen molar-refractivity contribution in [2.75, 3.05) is 14.2 Å². The van der Waals surface area contributed by atoms with E-state index in [-0.39, 0.29) is 12.5 Å². The maximum atomic E-state index is 13.1. The van der Waals surface area contributed by atoms with Gasteiger partial charge in [-0.05, 0) is 30.3 Å². The molecule has 1 amide bonds. The van der Waals surface area contributed by atoms with Gasteiger partial charge in [0.2, 0.25) is 0 Å². The largest absolute Gasteiger partial charge is 0.493 e. The highest BCUT2D eigenvalue weighted by Crippen LogP contribution is 2.30. The third-order valence-electron chi connectivity index (χ3n) is 4.64. The highest BCUT2D eigenvalue weighted by atomic mass is 16.5. The summed E-state index contributed by atoms with van der Waals surface area (Å²) in [5, 5.41) is 7.52. The molecule has 0 unspecified atom stereocenters. The number of nitrogens with one attached hydrogen (secondary N) is 1. The van der Waals surface area contributed by atoms with Gasteiger partial charge in [-0.3, -0.25) is 4.79 Å². The molecule has 0 fully saturated rings. The number of hydrogen-bond donors (Lipinski definition) is 1. The van der Waals surface area contributed by atoms with E-state index in [1.54, 1.807) is 43.4 Å². The lowest BCUT2D eigenvalue weighted by atomic mass is 10.1. The molecule has 0 aliphatic heterocycles. The number of rotatable bonds is 7. The van der Waals surface area contributed by atoms with Crippen LogP contribution < -0.4 is 14.8 Å². The first kappa shape index (κ1) is 19.3. The molecule has 4 aromatic rings. The van der Waals surface area contributed by atoms with Crippen molar-refractivity contribution < 1.29 is 18.7 Å². The summed E-state index contributed by atoms with van der Waals surface area (Å²) in [6.45, 7) is 0.273. The van der Waals surface area contributed by atoms with Crippen LogP contribution in [0.25, 0.3) is 17.1 Å². The van der Waals surface area contributed by atoms with Crippen molar-refractivity contribution in [1.29, 1.82) is 0 Å². The molecule has 0 aliphatic carbocycles. The van der Waals surface area contributed by atoms with Crippen LogP contribution in [0, 0.1) is 0 Å². The number of ether oxygens (including phenoxy) is 2. The third-order valence-corrected chi connectivity index (χ3v) is 4.64. The van der Waals surface area contributed by atoms with Crippen LogP contribution in [0.5, 0.6) is 11.5 Å². The molecule has 4 rings (SSSR count). The number of aromatic nitrogens is 2. The molecule has 30 heavy (non-hydrogen) atoms. The van der Waals surface area contributed by atoms with Crippen molar-refractivity contribution in [2.45, 2.75) is 6.54 Å². The van der Waals surface area contributed by atoms with Gasteiger partial charge in [0.25, 0.3) is 5.91 Å². The lowest BCUT2D eigenvalue weighted by Crippen LogP contribution is -2.25. The second-order valence-electron chi connectivity index (χ2n) is 6.47. The average molecular weight is 403 g/mol. The Morgan fingerprint density at radius 2 is 1.87 bits per heavy atom. The van der Waals surface area contributed by atoms with Crippen LogP contribution in [0.4, 0.5) is 0 Å². The standard InChI is InChI=1S/C23H21N3O4/c1-28-21-11-6-8-16(22(21)29-2)15-24-23(27)19-14-18(20-12-7-13-30-20)25-26(19)17-9-4-3-5-10-17/h3-14H,15H2,1-2H3,(H,24,27). The zero-order chi connectivity index (χ0) is 20.9. The number of carbonyl (C=O) groups excluding carboxylic acids is 1. The van der Waals surface area contributed by atoms with Gasteiger partial charge in [-0.25, -0.2) is 4.68 Å². The number of furan rings is 1. The second-order valence-corrected chi connectivity index (χ2v) is 6.47. The fourth-order valence-corrected chi connectivity index (χ4v) is 3.21. The summed E-state index contributed by atoms with van der Waals surface area (Å²) in [4.78, 5) is 13.1. The van der Waals surface area contributed by atoms with E-state index in [0.717, 1.165) is 11.3 Å². The number of para-hydroxylation sites is 2. The van der Waals surface area contributed by atoms with Gasteiger partial charge in [-0.1, -0.05) is 30.3 Å². The predicted octanol–water partition coefficient (Wildman–Crippen LogP) is 4.08. The number of amides is 1. The van der Waals surface area contributed by atoms with Gasteiger partial charge in [0, 0.05) is 18.2 Å². The van der Waals surface area contributed by atoms with Crippen molar-refractivity contribution in [3.05, 3.63) is 84.3 Å². The van der Waals surface area contributed by atoms with Gasteiger partial charge in [0.15, 0.2) is 17.3 Å². The van der Waals surface area contributed by atoms with Crippen LogP contribution >= 0.6 is 0 Å². The maximum absolute atomic E-state index is 13.1. The van der Waals surface area contributed by atoms with Crippen LogP contribution in [0.1, 0.15) is 16.1 Å². The van der Waals surface area contributed by atoms with Crippen molar-refractivity contribution in [3.8, 4) is 28.6 Å². The third kappa shape index (κ3) is 3.77. The molecule has 0 bridgehead atoms. The van der Waals surface area contributed by atoms with Gasteiger partial charge >= 0.3 is 0 Å². The first-order chi connectivity index (χ1) is 14.7. The molecule has 7 nitrogen and oxygen atoms in total. The summed E-state index contributed by atoms with van der Waals surface area (Å²) < 4.78 is 17.8. The minimum absolute atomic E-state index is 0.269. The molecule has 1 N–H and O–H groups in total. The Kier molecular flexibility index (Phi) is 5.52. The van der Waals surface area contributed by atoms with E-state index in [0.29, 0.717) is 28.6 Å². The zero-order valence-electron chi connectivity index (χ0n) is 16.7. The molecule has 0 aliphatic rings. The maximum Gasteiger partial charge on any atom is 0.270 e. The molecular formula is C23H21N3O4. The number of carbonyl (C=O) groups is 1. The van der Waals surface area contributed by atoms with Crippen molar-refractivity contribution in [2.24, 2.45) is 0 Å². The normalized spacial score (nSPS) is 10.6. The summed E-state index contributed by atoms with van der Waals surface area (Å²) in [5.74, 6) is 1.52. The average Bonchev–Trinajstić information content (AvgIpc) is 3.47. The van der Waals surface area contributed by atoms with E-state index in [4.69, 9.17) is 13.9 Å². The Bertz CT molecular complexity index is 1130. The minimum Gasteiger partial charge on any atom is -0.493 e. The van der Waals surface area contributed by atoms with E-state index in [2.05, 4.69) is 10.4 Å². The van der Waals surface area contributed by atoms with E-state index in [1.807, 2.05) is 48.5 Å². The van der Waals surface area contributed by atoms with Crippen LogP contribution in [0.3, 0.4) is 0 Å². The van der Waals surface area contributed by atoms with Gasteiger partial charge < -0.3 is 19.2 Å². The SMILES string of the molecule is COc1cccc(CNC(=O)c2cc(-c3ccco3)nn2-c2ccccc2)c1OC. The Hall–Kier alpha value is -4.00. The lowest BCUT2D eigenvalue weighted by Gasteiger charge is -2.13. The topological polar surface area (TPSA) is 78.5 Å². The predicted molar refractivity (Wildman–Crippen MR) is 112 cm³/mol. The smallest absolute Gasteiger partial charge is 0.270 e. The molecule has 2 aromatic heterocycles. The Morgan fingerprint density at radius 3 is 2.57 bits per heavy atom. The van der Waals surface area contributed by atoms with Crippen molar-refractivity contribution >= 4 is 5.91 Å². The fourth-order valence-electron chi connectivity index (χ4n) is 3.21. The monoisotopic (exact) mass is 403 g/mol. The van der Waals surface area contributed by atoms with Crippen molar-refractivity contribution in [3.63, 3.8) is 0 Å². The van der Waals surface area contributed by atoms with Gasteiger partial charge in [-0.15, -0.1) is 0 Å². The summed E-state index contributed by atoms with van der Waals surface area (Å²) in [5.41, 5.74) is 2.56. The molecule has 152 valence electrons. The van der Waals surface area contributed by atoms with Crippen LogP contribution in [-0.4, -0.2) is 29.9 Å². The molecule has 0 saturated heterocycles. The Morgan fingerprint density at radius 1 is 1.03 bits per heavy atom. The highest BCUT2D eigenvalue weighted by molar-refractivity contribution is 5.94.